The second kappa shape index (κ2) is 14.3. The van der Waals surface area contributed by atoms with Crippen LogP contribution >= 0.6 is 0 Å². The molecule has 216 valence electrons. The first kappa shape index (κ1) is 33.1. The summed E-state index contributed by atoms with van der Waals surface area (Å²) in [6.45, 7) is 9.83. The van der Waals surface area contributed by atoms with Crippen molar-refractivity contribution in [1.82, 2.24) is 0 Å². The summed E-state index contributed by atoms with van der Waals surface area (Å²) >= 11 is -0.522. The van der Waals surface area contributed by atoms with Crippen LogP contribution in [0.5, 0.6) is 11.5 Å². The first-order chi connectivity index (χ1) is 19.9. The molecular formula is C38H36Cl2OSiTi. The Hall–Kier alpha value is -2.85. The van der Waals surface area contributed by atoms with E-state index >= 15 is 0 Å². The van der Waals surface area contributed by atoms with Gasteiger partial charge in [0.15, 0.2) is 0 Å². The molecule has 43 heavy (non-hydrogen) atoms. The minimum Gasteiger partial charge on any atom is -1.00 e. The molecule has 0 saturated carbocycles. The molecule has 5 aromatic rings. The molecule has 0 amide bonds. The normalized spacial score (nSPS) is 13.7. The Bertz CT molecular complexity index is 1650. The number of halogens is 2. The first-order valence-electron chi connectivity index (χ1n) is 14.5. The van der Waals surface area contributed by atoms with Crippen molar-refractivity contribution in [3.63, 3.8) is 0 Å². The topological polar surface area (TPSA) is 9.23 Å². The first-order valence-corrected chi connectivity index (χ1v) is 20.6. The second-order valence-corrected chi connectivity index (χ2v) is 23.5. The Morgan fingerprint density at radius 3 is 1.81 bits per heavy atom. The SMILES string of the molecule is Cc1c[c]([Ti+2][Si](C)(C)C2=Cc3ccccc3C2C)c(Oc2ccccc2)c(C(c2ccccc2)c2ccccc2)c1.[Cl-].[Cl-]. The molecule has 0 heterocycles. The molecule has 0 spiro atoms. The third-order valence-corrected chi connectivity index (χ3v) is 17.2. The van der Waals surface area contributed by atoms with Crippen LogP contribution in [0, 0.1) is 6.92 Å². The molecule has 5 heteroatoms. The number of hydrogen-bond donors (Lipinski definition) is 0. The van der Waals surface area contributed by atoms with Crippen LogP contribution in [0.1, 0.15) is 52.1 Å². The van der Waals surface area contributed by atoms with Crippen molar-refractivity contribution in [2.75, 3.05) is 0 Å². The van der Waals surface area contributed by atoms with Crippen molar-refractivity contribution in [3.05, 3.63) is 166 Å². The van der Waals surface area contributed by atoms with Crippen LogP contribution in [0.15, 0.2) is 133 Å². The molecule has 1 unspecified atom stereocenters. The van der Waals surface area contributed by atoms with Crippen LogP contribution in [0.4, 0.5) is 0 Å². The average molecular weight is 656 g/mol. The van der Waals surface area contributed by atoms with Gasteiger partial charge in [-0.05, 0) is 0 Å². The standard InChI is InChI=1S/C26H21O.C12H15Si.2ClH.Ti/c1-20-17-18-25(27-23-15-9-4-10-16-23)24(19-20)26(21-11-5-2-6-12-21)22-13-7-3-8-14-22;1-9-11-7-5-4-6-10(11)8-12(9)13(2)3;;;/h2-17,19,26H,1H3;4-9H,1-3H3;2*1H;/q;;;;+2/p-2. The third-order valence-electron chi connectivity index (χ3n) is 8.21. The van der Waals surface area contributed by atoms with E-state index in [9.17, 15) is 0 Å². The van der Waals surface area contributed by atoms with Gasteiger partial charge in [-0.2, -0.15) is 0 Å². The quantitative estimate of drug-likeness (QED) is 0.184. The Balaban J connectivity index is 0.00000212. The molecule has 0 fully saturated rings. The molecule has 0 aromatic heterocycles. The van der Waals surface area contributed by atoms with E-state index < -0.39 is 24.3 Å². The summed E-state index contributed by atoms with van der Waals surface area (Å²) < 4.78 is 8.38. The van der Waals surface area contributed by atoms with Crippen LogP contribution in [0.25, 0.3) is 6.08 Å². The third kappa shape index (κ3) is 7.11. The van der Waals surface area contributed by atoms with E-state index in [1.54, 1.807) is 5.20 Å². The van der Waals surface area contributed by atoms with Crippen molar-refractivity contribution < 1.29 is 48.0 Å². The van der Waals surface area contributed by atoms with Crippen LogP contribution in [-0.2, 0) is 18.4 Å². The second-order valence-electron chi connectivity index (χ2n) is 11.6. The van der Waals surface area contributed by atoms with Crippen molar-refractivity contribution >= 4 is 15.9 Å². The summed E-state index contributed by atoms with van der Waals surface area (Å²) in [6.07, 6.45) is 2.51. The smallest absolute Gasteiger partial charge is 1.00 e. The maximum absolute atomic E-state index is 6.95. The Morgan fingerprint density at radius 1 is 0.698 bits per heavy atom. The van der Waals surface area contributed by atoms with E-state index in [2.05, 4.69) is 160 Å². The van der Waals surface area contributed by atoms with Crippen molar-refractivity contribution in [1.29, 1.82) is 0 Å². The molecule has 1 nitrogen and oxygen atoms in total. The van der Waals surface area contributed by atoms with Gasteiger partial charge in [-0.25, -0.2) is 0 Å². The molecule has 0 bridgehead atoms. The van der Waals surface area contributed by atoms with Gasteiger partial charge in [0.05, 0.1) is 0 Å². The molecule has 1 atom stereocenters. The van der Waals surface area contributed by atoms with Gasteiger partial charge >= 0.3 is 255 Å². The van der Waals surface area contributed by atoms with Gasteiger partial charge in [0.25, 0.3) is 0 Å². The zero-order chi connectivity index (χ0) is 28.4. The number of aryl methyl sites for hydroxylation is 1. The number of fused-ring (bicyclic) bond motifs is 1. The number of benzene rings is 5. The summed E-state index contributed by atoms with van der Waals surface area (Å²) in [5.74, 6) is 0.770. The van der Waals surface area contributed by atoms with Crippen LogP contribution in [-0.4, -0.2) is 5.94 Å². The minimum absolute atomic E-state index is 0. The van der Waals surface area contributed by atoms with E-state index in [-0.39, 0.29) is 30.7 Å². The van der Waals surface area contributed by atoms with E-state index in [1.165, 1.54) is 37.2 Å². The maximum atomic E-state index is 6.95. The van der Waals surface area contributed by atoms with E-state index in [0.717, 1.165) is 11.5 Å². The molecule has 0 radical (unpaired) electrons. The van der Waals surface area contributed by atoms with Gasteiger partial charge < -0.3 is 24.8 Å². The Kier molecular flexibility index (Phi) is 11.0. The van der Waals surface area contributed by atoms with Gasteiger partial charge in [-0.1, -0.05) is 0 Å². The Labute approximate surface area is 278 Å². The molecule has 0 aliphatic heterocycles. The van der Waals surface area contributed by atoms with Crippen molar-refractivity contribution in [2.24, 2.45) is 0 Å². The molecular weight excluding hydrogens is 619 g/mol. The van der Waals surface area contributed by atoms with E-state index in [4.69, 9.17) is 4.74 Å². The number of para-hydroxylation sites is 1. The van der Waals surface area contributed by atoms with E-state index in [0.29, 0.717) is 5.92 Å². The molecule has 1 aliphatic carbocycles. The van der Waals surface area contributed by atoms with Crippen LogP contribution < -0.4 is 33.4 Å². The number of allylic oxidation sites excluding steroid dienone is 1. The summed E-state index contributed by atoms with van der Waals surface area (Å²) in [7, 11) is 0. The summed E-state index contributed by atoms with van der Waals surface area (Å²) in [5, 5.41) is 1.68. The molecule has 6 rings (SSSR count). The number of rotatable bonds is 8. The van der Waals surface area contributed by atoms with Gasteiger partial charge in [-0.15, -0.1) is 0 Å². The number of ether oxygens (including phenoxy) is 1. The fraction of sp³-hybridized carbons (Fsp3) is 0.158. The maximum Gasteiger partial charge on any atom is -1.00 e. The van der Waals surface area contributed by atoms with Gasteiger partial charge in [0.1, 0.15) is 0 Å². The fourth-order valence-corrected chi connectivity index (χ4v) is 15.8. The average Bonchev–Trinajstić information content (AvgIpc) is 3.34. The predicted molar refractivity (Wildman–Crippen MR) is 171 cm³/mol. The number of hydrogen-bond acceptors (Lipinski definition) is 1. The zero-order valence-corrected chi connectivity index (χ0v) is 29.1. The molecule has 0 N–H and O–H groups in total. The summed E-state index contributed by atoms with van der Waals surface area (Å²) in [4.78, 5) is 0. The van der Waals surface area contributed by atoms with Gasteiger partial charge in [0, 0.05) is 0 Å². The molecule has 0 saturated heterocycles. The van der Waals surface area contributed by atoms with Crippen LogP contribution in [0.3, 0.4) is 0 Å². The minimum atomic E-state index is -1.75. The molecule has 5 aromatic carbocycles. The largest absolute Gasteiger partial charge is 1.00 e. The van der Waals surface area contributed by atoms with Gasteiger partial charge in [-0.3, -0.25) is 0 Å². The van der Waals surface area contributed by atoms with Crippen molar-refractivity contribution in [2.45, 2.75) is 38.8 Å². The monoisotopic (exact) mass is 654 g/mol. The van der Waals surface area contributed by atoms with Gasteiger partial charge in [0.2, 0.25) is 0 Å². The molecule has 1 aliphatic rings. The van der Waals surface area contributed by atoms with E-state index in [1.807, 2.05) is 0 Å². The predicted octanol–water partition coefficient (Wildman–Crippen LogP) is 3.63. The fourth-order valence-electron chi connectivity index (χ4n) is 6.30. The van der Waals surface area contributed by atoms with Crippen molar-refractivity contribution in [3.8, 4) is 11.5 Å². The Morgan fingerprint density at radius 2 is 1.23 bits per heavy atom. The zero-order valence-electron chi connectivity index (χ0n) is 25.0. The summed E-state index contributed by atoms with van der Waals surface area (Å²) in [6, 6.07) is 45.9. The van der Waals surface area contributed by atoms with Crippen LogP contribution in [0.2, 0.25) is 13.1 Å². The summed E-state index contributed by atoms with van der Waals surface area (Å²) in [5.41, 5.74) is 8.01.